The highest BCUT2D eigenvalue weighted by molar-refractivity contribution is 4.92. The summed E-state index contributed by atoms with van der Waals surface area (Å²) >= 11 is 0. The maximum atomic E-state index is 9.53. The van der Waals surface area contributed by atoms with E-state index in [-0.39, 0.29) is 12.1 Å². The fraction of sp³-hybridized carbons (Fsp3) is 1.00. The Balaban J connectivity index is 1.52. The summed E-state index contributed by atoms with van der Waals surface area (Å²) in [5.41, 5.74) is -0.0774. The van der Waals surface area contributed by atoms with Crippen LogP contribution in [0.1, 0.15) is 71.1 Å². The number of aliphatic hydroxyl groups is 1. The van der Waals surface area contributed by atoms with Gasteiger partial charge in [0.1, 0.15) is 0 Å². The van der Waals surface area contributed by atoms with Gasteiger partial charge in [-0.25, -0.2) is 0 Å². The first kappa shape index (κ1) is 15.3. The highest BCUT2D eigenvalue weighted by Crippen LogP contribution is 2.25. The lowest BCUT2D eigenvalue weighted by molar-refractivity contribution is 0.0251. The lowest BCUT2D eigenvalue weighted by Crippen LogP contribution is -2.46. The fourth-order valence-corrected chi connectivity index (χ4v) is 3.02. The van der Waals surface area contributed by atoms with Gasteiger partial charge in [-0.2, -0.15) is 0 Å². The van der Waals surface area contributed by atoms with Crippen molar-refractivity contribution in [3.05, 3.63) is 0 Å². The molecule has 0 saturated heterocycles. The van der Waals surface area contributed by atoms with E-state index in [9.17, 15) is 5.11 Å². The second kappa shape index (κ2) is 7.61. The van der Waals surface area contributed by atoms with E-state index < -0.39 is 0 Å². The number of rotatable bonds is 9. The van der Waals surface area contributed by atoms with Gasteiger partial charge in [-0.15, -0.1) is 0 Å². The van der Waals surface area contributed by atoms with Crippen molar-refractivity contribution in [1.29, 1.82) is 0 Å². The average molecular weight is 269 g/mol. The van der Waals surface area contributed by atoms with Gasteiger partial charge in [-0.05, 0) is 51.9 Å². The molecule has 0 aromatic carbocycles. The Bertz CT molecular complexity index is 249. The van der Waals surface area contributed by atoms with Gasteiger partial charge >= 0.3 is 0 Å². The van der Waals surface area contributed by atoms with Crippen LogP contribution in [0.25, 0.3) is 0 Å². The van der Waals surface area contributed by atoms with Gasteiger partial charge in [-0.1, -0.05) is 19.3 Å². The molecular weight excluding hydrogens is 238 g/mol. The summed E-state index contributed by atoms with van der Waals surface area (Å²) in [4.78, 5) is 0. The van der Waals surface area contributed by atoms with E-state index in [2.05, 4.69) is 12.2 Å². The summed E-state index contributed by atoms with van der Waals surface area (Å²) in [7, 11) is 0. The topological polar surface area (TPSA) is 41.5 Å². The van der Waals surface area contributed by atoms with Crippen LogP contribution in [0.3, 0.4) is 0 Å². The molecule has 2 aliphatic rings. The Kier molecular flexibility index (Phi) is 6.11. The van der Waals surface area contributed by atoms with Gasteiger partial charge in [-0.3, -0.25) is 0 Å². The smallest absolute Gasteiger partial charge is 0.0610 e. The lowest BCUT2D eigenvalue weighted by Gasteiger charge is -2.29. The van der Waals surface area contributed by atoms with E-state index in [1.807, 2.05) is 0 Å². The summed E-state index contributed by atoms with van der Waals surface area (Å²) < 4.78 is 5.94. The first-order chi connectivity index (χ1) is 9.22. The fourth-order valence-electron chi connectivity index (χ4n) is 3.02. The normalized spacial score (nSPS) is 24.3. The molecule has 19 heavy (non-hydrogen) atoms. The number of nitrogens with one attached hydrogen (secondary N) is 1. The molecule has 2 aliphatic carbocycles. The van der Waals surface area contributed by atoms with Crippen molar-refractivity contribution in [2.24, 2.45) is 0 Å². The summed E-state index contributed by atoms with van der Waals surface area (Å²) in [6.07, 6.45) is 13.0. The van der Waals surface area contributed by atoms with Crippen molar-refractivity contribution in [3.8, 4) is 0 Å². The molecule has 2 N–H and O–H groups in total. The van der Waals surface area contributed by atoms with E-state index in [1.54, 1.807) is 0 Å². The third-order valence-corrected chi connectivity index (χ3v) is 4.51. The lowest BCUT2D eigenvalue weighted by atomic mass is 9.95. The maximum absolute atomic E-state index is 9.53. The first-order valence-corrected chi connectivity index (χ1v) is 8.22. The van der Waals surface area contributed by atoms with Gasteiger partial charge in [0.2, 0.25) is 0 Å². The zero-order chi connectivity index (χ0) is 13.6. The molecule has 0 amide bonds. The van der Waals surface area contributed by atoms with Crippen LogP contribution >= 0.6 is 0 Å². The molecule has 0 bridgehead atoms. The van der Waals surface area contributed by atoms with Gasteiger partial charge in [0, 0.05) is 18.2 Å². The molecule has 0 aromatic heterocycles. The Hall–Kier alpha value is -0.120. The Morgan fingerprint density at radius 2 is 1.84 bits per heavy atom. The third-order valence-electron chi connectivity index (χ3n) is 4.51. The number of hydrogen-bond acceptors (Lipinski definition) is 3. The zero-order valence-electron chi connectivity index (χ0n) is 12.5. The van der Waals surface area contributed by atoms with E-state index in [4.69, 9.17) is 4.74 Å². The molecule has 1 atom stereocenters. The van der Waals surface area contributed by atoms with Crippen LogP contribution in [0.5, 0.6) is 0 Å². The second-order valence-electron chi connectivity index (χ2n) is 6.73. The molecular formula is C16H31NO2. The van der Waals surface area contributed by atoms with Crippen LogP contribution in [-0.2, 0) is 4.74 Å². The van der Waals surface area contributed by atoms with Crippen LogP contribution in [0, 0.1) is 0 Å². The average Bonchev–Trinajstić information content (AvgIpc) is 3.23. The van der Waals surface area contributed by atoms with Gasteiger partial charge in [0.15, 0.2) is 0 Å². The van der Waals surface area contributed by atoms with Crippen molar-refractivity contribution in [2.45, 2.75) is 88.8 Å². The van der Waals surface area contributed by atoms with Crippen LogP contribution < -0.4 is 5.32 Å². The summed E-state index contributed by atoms with van der Waals surface area (Å²) in [6.45, 7) is 3.29. The SMILES string of the molecule is CC(CO)(CCCCOC1CCCCC1)NC1CC1. The minimum atomic E-state index is -0.0774. The predicted molar refractivity (Wildman–Crippen MR) is 78.3 cm³/mol. The molecule has 0 aliphatic heterocycles. The highest BCUT2D eigenvalue weighted by Gasteiger charge is 2.31. The van der Waals surface area contributed by atoms with Crippen LogP contribution in [0.15, 0.2) is 0 Å². The van der Waals surface area contributed by atoms with E-state index in [1.165, 1.54) is 44.9 Å². The molecule has 2 saturated carbocycles. The number of ether oxygens (including phenoxy) is 1. The number of unbranched alkanes of at least 4 members (excludes halogenated alkanes) is 1. The first-order valence-electron chi connectivity index (χ1n) is 8.22. The molecule has 1 unspecified atom stereocenters. The maximum Gasteiger partial charge on any atom is 0.0610 e. The van der Waals surface area contributed by atoms with Crippen molar-refractivity contribution in [2.75, 3.05) is 13.2 Å². The van der Waals surface area contributed by atoms with Crippen LogP contribution in [0.2, 0.25) is 0 Å². The minimum absolute atomic E-state index is 0.0774. The summed E-state index contributed by atoms with van der Waals surface area (Å²) in [5.74, 6) is 0. The van der Waals surface area contributed by atoms with Crippen molar-refractivity contribution < 1.29 is 9.84 Å². The molecule has 3 heteroatoms. The quantitative estimate of drug-likeness (QED) is 0.632. The Morgan fingerprint density at radius 3 is 2.47 bits per heavy atom. The van der Waals surface area contributed by atoms with Gasteiger partial charge in [0.05, 0.1) is 12.7 Å². The third kappa shape index (κ3) is 5.80. The van der Waals surface area contributed by atoms with E-state index in [0.717, 1.165) is 25.9 Å². The summed E-state index contributed by atoms with van der Waals surface area (Å²) in [6, 6.07) is 0.663. The van der Waals surface area contributed by atoms with Crippen molar-refractivity contribution in [3.63, 3.8) is 0 Å². The van der Waals surface area contributed by atoms with Crippen molar-refractivity contribution >= 4 is 0 Å². The van der Waals surface area contributed by atoms with Gasteiger partial charge < -0.3 is 15.2 Å². The zero-order valence-corrected chi connectivity index (χ0v) is 12.5. The Morgan fingerprint density at radius 1 is 1.11 bits per heavy atom. The summed E-state index contributed by atoms with van der Waals surface area (Å²) in [5, 5.41) is 13.1. The number of aliphatic hydroxyl groups excluding tert-OH is 1. The number of hydrogen-bond donors (Lipinski definition) is 2. The molecule has 2 rings (SSSR count). The molecule has 0 aromatic rings. The molecule has 3 nitrogen and oxygen atoms in total. The van der Waals surface area contributed by atoms with Crippen LogP contribution in [-0.4, -0.2) is 36.0 Å². The van der Waals surface area contributed by atoms with E-state index in [0.29, 0.717) is 12.1 Å². The molecule has 0 radical (unpaired) electrons. The van der Waals surface area contributed by atoms with Crippen molar-refractivity contribution in [1.82, 2.24) is 5.32 Å². The predicted octanol–water partition coefficient (Wildman–Crippen LogP) is 3.01. The largest absolute Gasteiger partial charge is 0.394 e. The monoisotopic (exact) mass is 269 g/mol. The highest BCUT2D eigenvalue weighted by atomic mass is 16.5. The minimum Gasteiger partial charge on any atom is -0.394 e. The van der Waals surface area contributed by atoms with E-state index >= 15 is 0 Å². The Labute approximate surface area is 118 Å². The second-order valence-corrected chi connectivity index (χ2v) is 6.73. The molecule has 0 heterocycles. The molecule has 0 spiro atoms. The molecule has 2 fully saturated rings. The molecule has 112 valence electrons. The van der Waals surface area contributed by atoms with Crippen LogP contribution in [0.4, 0.5) is 0 Å². The standard InChI is InChI=1S/C16H31NO2/c1-16(13-18,17-14-9-10-14)11-5-6-12-19-15-7-3-2-4-8-15/h14-15,17-18H,2-13H2,1H3. The van der Waals surface area contributed by atoms with Gasteiger partial charge in [0.25, 0.3) is 0 Å².